The Kier molecular flexibility index (Phi) is 2.20. The van der Waals surface area contributed by atoms with Gasteiger partial charge in [-0.1, -0.05) is 5.22 Å². The van der Waals surface area contributed by atoms with E-state index in [0.717, 1.165) is 11.3 Å². The van der Waals surface area contributed by atoms with Crippen molar-refractivity contribution < 1.29 is 0 Å². The number of nitrogens with zero attached hydrogens (tertiary/aromatic N) is 2. The Labute approximate surface area is 65.1 Å². The van der Waals surface area contributed by atoms with Crippen molar-refractivity contribution in [1.29, 1.82) is 5.53 Å². The molecule has 5 nitrogen and oxygen atoms in total. The summed E-state index contributed by atoms with van der Waals surface area (Å²) in [6.45, 7) is 3.89. The van der Waals surface area contributed by atoms with Crippen LogP contribution in [0.4, 0.5) is 0 Å². The number of hydrogen-bond acceptors (Lipinski definition) is 4. The van der Waals surface area contributed by atoms with Crippen molar-refractivity contribution in [3.8, 4) is 0 Å². The monoisotopic (exact) mass is 153 g/mol. The second kappa shape index (κ2) is 3.14. The van der Waals surface area contributed by atoms with Gasteiger partial charge in [0.05, 0.1) is 0 Å². The maximum atomic E-state index is 6.54. The summed E-state index contributed by atoms with van der Waals surface area (Å²) in [6, 6.07) is 0. The van der Waals surface area contributed by atoms with Crippen LogP contribution in [0.1, 0.15) is 13.8 Å². The highest BCUT2D eigenvalue weighted by atomic mass is 15.5. The molecule has 1 aliphatic heterocycles. The third-order valence-corrected chi connectivity index (χ3v) is 1.54. The van der Waals surface area contributed by atoms with E-state index in [9.17, 15) is 0 Å². The molecule has 0 aromatic heterocycles. The maximum Gasteiger partial charge on any atom is 0.210 e. The van der Waals surface area contributed by atoms with E-state index in [1.807, 2.05) is 20.0 Å². The lowest BCUT2D eigenvalue weighted by atomic mass is 10.2. The van der Waals surface area contributed by atoms with Crippen molar-refractivity contribution in [2.75, 3.05) is 0 Å². The summed E-state index contributed by atoms with van der Waals surface area (Å²) in [5.74, 6) is 0. The van der Waals surface area contributed by atoms with Gasteiger partial charge < -0.3 is 5.32 Å². The van der Waals surface area contributed by atoms with Crippen molar-refractivity contribution in [2.24, 2.45) is 10.2 Å². The predicted molar refractivity (Wildman–Crippen MR) is 42.1 cm³/mol. The van der Waals surface area contributed by atoms with E-state index in [4.69, 9.17) is 5.53 Å². The van der Waals surface area contributed by atoms with E-state index >= 15 is 0 Å². The summed E-state index contributed by atoms with van der Waals surface area (Å²) >= 11 is 0. The third kappa shape index (κ3) is 1.76. The fraction of sp³-hybridized carbons (Fsp3) is 0.500. The molecule has 0 aliphatic carbocycles. The number of aliphatic imine (C=N–C) groups is 1. The van der Waals surface area contributed by atoms with Gasteiger partial charge in [0.25, 0.3) is 0 Å². The zero-order valence-electron chi connectivity index (χ0n) is 6.55. The van der Waals surface area contributed by atoms with Gasteiger partial charge in [0, 0.05) is 11.9 Å². The van der Waals surface area contributed by atoms with Gasteiger partial charge in [-0.15, -0.1) is 0 Å². The Balaban J connectivity index is 2.61. The van der Waals surface area contributed by atoms with Crippen LogP contribution < -0.4 is 10.7 Å². The largest absolute Gasteiger partial charge is 0.352 e. The quantitative estimate of drug-likeness (QED) is 0.405. The lowest BCUT2D eigenvalue weighted by Crippen LogP contribution is -2.37. The van der Waals surface area contributed by atoms with E-state index in [1.165, 1.54) is 0 Å². The maximum absolute atomic E-state index is 6.54. The van der Waals surface area contributed by atoms with Crippen LogP contribution >= 0.6 is 0 Å². The molecular formula is C6H11N5. The van der Waals surface area contributed by atoms with E-state index in [-0.39, 0.29) is 6.29 Å². The molecule has 1 rings (SSSR count). The Morgan fingerprint density at radius 2 is 2.45 bits per heavy atom. The number of hydrogen-bond donors (Lipinski definition) is 3. The lowest BCUT2D eigenvalue weighted by molar-refractivity contribution is 0.476. The Morgan fingerprint density at radius 3 is 3.00 bits per heavy atom. The van der Waals surface area contributed by atoms with E-state index in [0.29, 0.717) is 0 Å². The third-order valence-electron chi connectivity index (χ3n) is 1.54. The molecule has 0 spiro atoms. The van der Waals surface area contributed by atoms with E-state index < -0.39 is 0 Å². The van der Waals surface area contributed by atoms with Crippen LogP contribution in [0.5, 0.6) is 0 Å². The average Bonchev–Trinajstić information content (AvgIpc) is 1.98. The van der Waals surface area contributed by atoms with Gasteiger partial charge in [0.2, 0.25) is 6.29 Å². The average molecular weight is 153 g/mol. The molecule has 0 aromatic rings. The Hall–Kier alpha value is -1.39. The van der Waals surface area contributed by atoms with Crippen molar-refractivity contribution in [3.05, 3.63) is 11.8 Å². The van der Waals surface area contributed by atoms with Gasteiger partial charge in [-0.05, 0) is 19.4 Å². The SMILES string of the molecule is CC1=CNC(NN=N)N=C1C. The van der Waals surface area contributed by atoms with Crippen LogP contribution in [0.2, 0.25) is 0 Å². The zero-order chi connectivity index (χ0) is 8.27. The van der Waals surface area contributed by atoms with Crippen molar-refractivity contribution in [1.82, 2.24) is 10.7 Å². The number of nitrogens with one attached hydrogen (secondary N) is 3. The molecule has 0 fully saturated rings. The summed E-state index contributed by atoms with van der Waals surface area (Å²) in [5.41, 5.74) is 11.1. The highest BCUT2D eigenvalue weighted by Crippen LogP contribution is 2.02. The van der Waals surface area contributed by atoms with Crippen molar-refractivity contribution in [2.45, 2.75) is 20.1 Å². The lowest BCUT2D eigenvalue weighted by Gasteiger charge is -2.17. The minimum Gasteiger partial charge on any atom is -0.352 e. The smallest absolute Gasteiger partial charge is 0.210 e. The summed E-state index contributed by atoms with van der Waals surface area (Å²) in [6.07, 6.45) is 1.57. The molecule has 1 unspecified atom stereocenters. The molecule has 0 amide bonds. The summed E-state index contributed by atoms with van der Waals surface area (Å²) in [5, 5.41) is 5.95. The van der Waals surface area contributed by atoms with Gasteiger partial charge in [-0.2, -0.15) is 5.53 Å². The molecule has 0 radical (unpaired) electrons. The fourth-order valence-electron chi connectivity index (χ4n) is 0.768. The highest BCUT2D eigenvalue weighted by molar-refractivity contribution is 5.98. The van der Waals surface area contributed by atoms with E-state index in [2.05, 4.69) is 21.0 Å². The summed E-state index contributed by atoms with van der Waals surface area (Å²) in [7, 11) is 0. The molecule has 1 aliphatic rings. The first kappa shape index (κ1) is 7.71. The van der Waals surface area contributed by atoms with Crippen molar-refractivity contribution in [3.63, 3.8) is 0 Å². The first-order chi connectivity index (χ1) is 5.24. The van der Waals surface area contributed by atoms with Crippen LogP contribution in [-0.2, 0) is 0 Å². The highest BCUT2D eigenvalue weighted by Gasteiger charge is 2.08. The van der Waals surface area contributed by atoms with Gasteiger partial charge in [-0.3, -0.25) is 0 Å². The van der Waals surface area contributed by atoms with Gasteiger partial charge in [0.15, 0.2) is 0 Å². The first-order valence-corrected chi connectivity index (χ1v) is 3.33. The fourth-order valence-corrected chi connectivity index (χ4v) is 0.768. The molecule has 1 heterocycles. The first-order valence-electron chi connectivity index (χ1n) is 3.33. The van der Waals surface area contributed by atoms with Crippen LogP contribution in [0, 0.1) is 5.53 Å². The van der Waals surface area contributed by atoms with Crippen molar-refractivity contribution >= 4 is 5.71 Å². The summed E-state index contributed by atoms with van der Waals surface area (Å²) in [4.78, 5) is 4.17. The Bertz CT molecular complexity index is 217. The molecule has 0 saturated heterocycles. The minimum absolute atomic E-state index is 0.281. The standard InChI is InChI=1S/C6H11N5/c1-4-3-8-6(10-11-7)9-5(4)2/h3,6,8H,1-2H3,(H2,7,10). The molecule has 0 aromatic carbocycles. The van der Waals surface area contributed by atoms with Crippen LogP contribution in [0.15, 0.2) is 22.0 Å². The summed E-state index contributed by atoms with van der Waals surface area (Å²) < 4.78 is 0. The molecule has 5 heteroatoms. The van der Waals surface area contributed by atoms with Crippen LogP contribution in [-0.4, -0.2) is 12.0 Å². The minimum atomic E-state index is -0.281. The second-order valence-corrected chi connectivity index (χ2v) is 2.35. The topological polar surface area (TPSA) is 72.6 Å². The molecule has 1 atom stereocenters. The zero-order valence-corrected chi connectivity index (χ0v) is 6.55. The van der Waals surface area contributed by atoms with Gasteiger partial charge in [-0.25, -0.2) is 10.4 Å². The van der Waals surface area contributed by atoms with Gasteiger partial charge >= 0.3 is 0 Å². The molecule has 0 saturated carbocycles. The van der Waals surface area contributed by atoms with Crippen LogP contribution in [0.3, 0.4) is 0 Å². The molecule has 11 heavy (non-hydrogen) atoms. The molecule has 3 N–H and O–H groups in total. The van der Waals surface area contributed by atoms with Gasteiger partial charge in [0.1, 0.15) is 0 Å². The molecule has 60 valence electrons. The van der Waals surface area contributed by atoms with E-state index in [1.54, 1.807) is 0 Å². The normalized spacial score (nSPS) is 22.9. The molecular weight excluding hydrogens is 142 g/mol. The van der Waals surface area contributed by atoms with Crippen LogP contribution in [0.25, 0.3) is 0 Å². The Morgan fingerprint density at radius 1 is 1.73 bits per heavy atom. The second-order valence-electron chi connectivity index (χ2n) is 2.35. The molecule has 0 bridgehead atoms. The number of allylic oxidation sites excluding steroid dienone is 1. The predicted octanol–water partition coefficient (Wildman–Crippen LogP) is 0.773. The number of rotatable bonds is 2.